The molecule has 0 aliphatic carbocycles. The zero-order valence-electron chi connectivity index (χ0n) is 12.6. The fourth-order valence-electron chi connectivity index (χ4n) is 2.01. The largest absolute Gasteiger partial charge is 0.489 e. The molecule has 0 fully saturated rings. The molecule has 1 aromatic carbocycles. The molecule has 0 unspecified atom stereocenters. The van der Waals surface area contributed by atoms with Crippen molar-refractivity contribution in [3.05, 3.63) is 53.3 Å². The van der Waals surface area contributed by atoms with Crippen molar-refractivity contribution in [1.29, 1.82) is 0 Å². The van der Waals surface area contributed by atoms with Crippen molar-refractivity contribution >= 4 is 11.6 Å². The Morgan fingerprint density at radius 2 is 1.95 bits per heavy atom. The molecule has 6 heteroatoms. The van der Waals surface area contributed by atoms with Gasteiger partial charge in [-0.25, -0.2) is 0 Å². The third kappa shape index (κ3) is 3.73. The smallest absolute Gasteiger partial charge is 0.270 e. The molecular formula is C16H19N3O3. The molecule has 2 rings (SSSR count). The maximum Gasteiger partial charge on any atom is 0.270 e. The van der Waals surface area contributed by atoms with Crippen molar-refractivity contribution < 1.29 is 14.3 Å². The number of carbonyl (C=O) groups excluding carboxylic acids is 1. The number of nitrogen functional groups attached to an aromatic ring is 1. The Kier molecular flexibility index (Phi) is 5.32. The lowest BCUT2D eigenvalue weighted by Crippen LogP contribution is -2.22. The van der Waals surface area contributed by atoms with E-state index in [1.54, 1.807) is 44.6 Å². The normalized spacial score (nSPS) is 10.3. The van der Waals surface area contributed by atoms with Crippen LogP contribution in [0.4, 0.5) is 5.69 Å². The van der Waals surface area contributed by atoms with E-state index >= 15 is 0 Å². The molecule has 0 atom stereocenters. The van der Waals surface area contributed by atoms with E-state index in [-0.39, 0.29) is 12.5 Å². The summed E-state index contributed by atoms with van der Waals surface area (Å²) >= 11 is 0. The zero-order chi connectivity index (χ0) is 15.9. The summed E-state index contributed by atoms with van der Waals surface area (Å²) in [6.45, 7) is 0.603. The standard InChI is InChI=1S/C16H19N3O3/c1-18-16(20)15-14(10-21-2)11(7-8-19-15)9-22-13-5-3-12(17)4-6-13/h3-8H,9-10,17H2,1-2H3,(H,18,20). The number of methoxy groups -OCH3 is 1. The van der Waals surface area contributed by atoms with Crippen molar-refractivity contribution in [3.63, 3.8) is 0 Å². The first kappa shape index (κ1) is 15.8. The van der Waals surface area contributed by atoms with E-state index in [1.165, 1.54) is 0 Å². The SMILES string of the molecule is CNC(=O)c1nccc(COc2ccc(N)cc2)c1COC. The molecule has 1 amide bonds. The van der Waals surface area contributed by atoms with Gasteiger partial charge < -0.3 is 20.5 Å². The fraction of sp³-hybridized carbons (Fsp3) is 0.250. The molecule has 2 aromatic rings. The lowest BCUT2D eigenvalue weighted by Gasteiger charge is -2.13. The number of rotatable bonds is 6. The molecule has 1 heterocycles. The summed E-state index contributed by atoms with van der Waals surface area (Å²) in [4.78, 5) is 16.0. The summed E-state index contributed by atoms with van der Waals surface area (Å²) in [6, 6.07) is 8.96. The van der Waals surface area contributed by atoms with Crippen molar-refractivity contribution in [2.75, 3.05) is 19.9 Å². The van der Waals surface area contributed by atoms with Crippen LogP contribution in [0.2, 0.25) is 0 Å². The summed E-state index contributed by atoms with van der Waals surface area (Å²) in [5.74, 6) is 0.456. The first-order chi connectivity index (χ1) is 10.7. The topological polar surface area (TPSA) is 86.5 Å². The molecule has 0 saturated heterocycles. The number of nitrogens with one attached hydrogen (secondary N) is 1. The van der Waals surface area contributed by atoms with E-state index in [0.717, 1.165) is 11.1 Å². The number of benzene rings is 1. The first-order valence-electron chi connectivity index (χ1n) is 6.81. The maximum atomic E-state index is 11.9. The minimum absolute atomic E-state index is 0.249. The van der Waals surface area contributed by atoms with E-state index in [2.05, 4.69) is 10.3 Å². The van der Waals surface area contributed by atoms with Crippen LogP contribution in [0.5, 0.6) is 5.75 Å². The highest BCUT2D eigenvalue weighted by atomic mass is 16.5. The average molecular weight is 301 g/mol. The van der Waals surface area contributed by atoms with Crippen LogP contribution in [-0.2, 0) is 18.0 Å². The molecule has 22 heavy (non-hydrogen) atoms. The number of amides is 1. The van der Waals surface area contributed by atoms with Gasteiger partial charge in [-0.2, -0.15) is 0 Å². The Balaban J connectivity index is 2.22. The van der Waals surface area contributed by atoms with Gasteiger partial charge in [0.2, 0.25) is 0 Å². The molecule has 116 valence electrons. The van der Waals surface area contributed by atoms with Crippen molar-refractivity contribution in [2.24, 2.45) is 0 Å². The van der Waals surface area contributed by atoms with Gasteiger partial charge in [-0.15, -0.1) is 0 Å². The van der Waals surface area contributed by atoms with Gasteiger partial charge in [0.05, 0.1) is 6.61 Å². The number of hydrogen-bond donors (Lipinski definition) is 2. The minimum Gasteiger partial charge on any atom is -0.489 e. The number of carbonyl (C=O) groups is 1. The molecule has 0 spiro atoms. The number of nitrogens with two attached hydrogens (primary N) is 1. The number of nitrogens with zero attached hydrogens (tertiary/aromatic N) is 1. The maximum absolute atomic E-state index is 11.9. The van der Waals surface area contributed by atoms with Gasteiger partial charge in [0.1, 0.15) is 18.1 Å². The van der Waals surface area contributed by atoms with E-state index in [1.807, 2.05) is 6.07 Å². The Morgan fingerprint density at radius 3 is 2.59 bits per heavy atom. The van der Waals surface area contributed by atoms with Gasteiger partial charge in [0.15, 0.2) is 0 Å². The molecule has 0 aliphatic heterocycles. The Hall–Kier alpha value is -2.60. The van der Waals surface area contributed by atoms with Gasteiger partial charge in [0, 0.05) is 31.6 Å². The molecule has 0 bridgehead atoms. The van der Waals surface area contributed by atoms with Gasteiger partial charge >= 0.3 is 0 Å². The number of ether oxygens (including phenoxy) is 2. The second-order valence-electron chi connectivity index (χ2n) is 4.67. The molecule has 3 N–H and O–H groups in total. The number of hydrogen-bond acceptors (Lipinski definition) is 5. The van der Waals surface area contributed by atoms with Crippen LogP contribution in [0.25, 0.3) is 0 Å². The number of aromatic nitrogens is 1. The third-order valence-corrected chi connectivity index (χ3v) is 3.16. The molecular weight excluding hydrogens is 282 g/mol. The lowest BCUT2D eigenvalue weighted by atomic mass is 10.1. The van der Waals surface area contributed by atoms with Crippen molar-refractivity contribution in [1.82, 2.24) is 10.3 Å². The molecule has 0 saturated carbocycles. The fourth-order valence-corrected chi connectivity index (χ4v) is 2.01. The summed E-state index contributed by atoms with van der Waals surface area (Å²) < 4.78 is 10.9. The van der Waals surface area contributed by atoms with E-state index in [0.29, 0.717) is 23.7 Å². The summed E-state index contributed by atoms with van der Waals surface area (Å²) in [5, 5.41) is 2.58. The lowest BCUT2D eigenvalue weighted by molar-refractivity contribution is 0.0952. The summed E-state index contributed by atoms with van der Waals surface area (Å²) in [5.41, 5.74) is 8.25. The quantitative estimate of drug-likeness (QED) is 0.794. The summed E-state index contributed by atoms with van der Waals surface area (Å²) in [6.07, 6.45) is 1.59. The van der Waals surface area contributed by atoms with Crippen LogP contribution in [-0.4, -0.2) is 25.0 Å². The van der Waals surface area contributed by atoms with Gasteiger partial charge in [-0.05, 0) is 35.9 Å². The Bertz CT molecular complexity index is 642. The second kappa shape index (κ2) is 7.42. The first-order valence-corrected chi connectivity index (χ1v) is 6.81. The molecule has 0 radical (unpaired) electrons. The zero-order valence-corrected chi connectivity index (χ0v) is 12.6. The highest BCUT2D eigenvalue weighted by Gasteiger charge is 2.15. The van der Waals surface area contributed by atoms with Crippen LogP contribution in [0, 0.1) is 0 Å². The molecule has 6 nitrogen and oxygen atoms in total. The average Bonchev–Trinajstić information content (AvgIpc) is 2.54. The predicted molar refractivity (Wildman–Crippen MR) is 83.5 cm³/mol. The van der Waals surface area contributed by atoms with Gasteiger partial charge in [-0.1, -0.05) is 0 Å². The van der Waals surface area contributed by atoms with Crippen molar-refractivity contribution in [2.45, 2.75) is 13.2 Å². The van der Waals surface area contributed by atoms with Crippen LogP contribution >= 0.6 is 0 Å². The third-order valence-electron chi connectivity index (χ3n) is 3.16. The molecule has 0 aliphatic rings. The second-order valence-corrected chi connectivity index (χ2v) is 4.67. The van der Waals surface area contributed by atoms with Crippen molar-refractivity contribution in [3.8, 4) is 5.75 Å². The van der Waals surface area contributed by atoms with E-state index in [4.69, 9.17) is 15.2 Å². The van der Waals surface area contributed by atoms with E-state index < -0.39 is 0 Å². The van der Waals surface area contributed by atoms with Crippen LogP contribution in [0.3, 0.4) is 0 Å². The molecule has 1 aromatic heterocycles. The predicted octanol–water partition coefficient (Wildman–Crippen LogP) is 1.75. The Labute approximate surface area is 129 Å². The van der Waals surface area contributed by atoms with Crippen LogP contribution in [0.1, 0.15) is 21.6 Å². The Morgan fingerprint density at radius 1 is 1.23 bits per heavy atom. The van der Waals surface area contributed by atoms with Crippen LogP contribution in [0.15, 0.2) is 36.5 Å². The highest BCUT2D eigenvalue weighted by Crippen LogP contribution is 2.19. The monoisotopic (exact) mass is 301 g/mol. The van der Waals surface area contributed by atoms with Gasteiger partial charge in [0.25, 0.3) is 5.91 Å². The number of anilines is 1. The number of pyridine rings is 1. The van der Waals surface area contributed by atoms with Gasteiger partial charge in [-0.3, -0.25) is 9.78 Å². The van der Waals surface area contributed by atoms with Crippen LogP contribution < -0.4 is 15.8 Å². The van der Waals surface area contributed by atoms with E-state index in [9.17, 15) is 4.79 Å². The minimum atomic E-state index is -0.249. The highest BCUT2D eigenvalue weighted by molar-refractivity contribution is 5.93. The summed E-state index contributed by atoms with van der Waals surface area (Å²) in [7, 11) is 3.14.